The first-order chi connectivity index (χ1) is 14.1. The minimum absolute atomic E-state index is 0.186. The van der Waals surface area contributed by atoms with Crippen LogP contribution in [0.15, 0.2) is 47.6 Å². The summed E-state index contributed by atoms with van der Waals surface area (Å²) in [5.41, 5.74) is 9.93. The largest absolute Gasteiger partial charge is 0.464 e. The lowest BCUT2D eigenvalue weighted by atomic mass is 9.79. The highest BCUT2D eigenvalue weighted by atomic mass is 16.5. The molecule has 1 aromatic heterocycles. The number of pyridine rings is 1. The van der Waals surface area contributed by atoms with Gasteiger partial charge in [0.25, 0.3) is 0 Å². The number of carbonyl (C=O) groups is 1. The molecule has 1 aliphatic carbocycles. The lowest BCUT2D eigenvalue weighted by Gasteiger charge is -2.27. The molecule has 0 spiro atoms. The average molecular weight is 393 g/mol. The van der Waals surface area contributed by atoms with E-state index >= 15 is 0 Å². The highest BCUT2D eigenvalue weighted by molar-refractivity contribution is 6.03. The van der Waals surface area contributed by atoms with Crippen LogP contribution in [0.25, 0.3) is 11.1 Å². The number of aromatic nitrogens is 1. The predicted octanol–water partition coefficient (Wildman–Crippen LogP) is 4.29. The van der Waals surface area contributed by atoms with E-state index in [9.17, 15) is 4.79 Å². The number of nitrogens with zero attached hydrogens (tertiary/aromatic N) is 2. The molecule has 0 saturated heterocycles. The van der Waals surface area contributed by atoms with Gasteiger partial charge in [-0.3, -0.25) is 4.98 Å². The van der Waals surface area contributed by atoms with E-state index in [1.165, 1.54) is 0 Å². The lowest BCUT2D eigenvalue weighted by Crippen LogP contribution is -2.16. The molecule has 0 atom stereocenters. The first kappa shape index (κ1) is 20.7. The highest BCUT2D eigenvalue weighted by Gasteiger charge is 2.22. The van der Waals surface area contributed by atoms with E-state index in [1.54, 1.807) is 6.92 Å². The van der Waals surface area contributed by atoms with Crippen LogP contribution in [0.3, 0.4) is 0 Å². The molecular formula is C23H28N4O2. The Morgan fingerprint density at radius 1 is 1.17 bits per heavy atom. The molecule has 2 aromatic rings. The van der Waals surface area contributed by atoms with E-state index in [0.717, 1.165) is 54.4 Å². The number of aliphatic imine (C=N–C) groups is 1. The molecular weight excluding hydrogens is 364 g/mol. The molecule has 1 heterocycles. The van der Waals surface area contributed by atoms with Crippen molar-refractivity contribution in [1.82, 2.24) is 4.98 Å². The summed E-state index contributed by atoms with van der Waals surface area (Å²) in [4.78, 5) is 19.3. The summed E-state index contributed by atoms with van der Waals surface area (Å²) in [7, 11) is 0. The number of carbonyl (C=O) groups excluding carboxylic acids is 1. The smallest absolute Gasteiger partial charge is 0.310 e. The van der Waals surface area contributed by atoms with Crippen molar-refractivity contribution in [2.45, 2.75) is 44.9 Å². The molecule has 152 valence electrons. The molecule has 0 aliphatic heterocycles. The van der Waals surface area contributed by atoms with Gasteiger partial charge in [-0.15, -0.1) is 0 Å². The van der Waals surface area contributed by atoms with E-state index < -0.39 is 0 Å². The summed E-state index contributed by atoms with van der Waals surface area (Å²) in [6.07, 6.45) is 8.09. The van der Waals surface area contributed by atoms with E-state index in [0.29, 0.717) is 24.9 Å². The predicted molar refractivity (Wildman–Crippen MR) is 115 cm³/mol. The van der Waals surface area contributed by atoms with Crippen LogP contribution in [0.4, 0.5) is 0 Å². The maximum atomic E-state index is 10.7. The van der Waals surface area contributed by atoms with Crippen molar-refractivity contribution in [2.75, 3.05) is 6.61 Å². The normalized spacial score (nSPS) is 19.6. The number of benzene rings is 1. The molecule has 6 heteroatoms. The van der Waals surface area contributed by atoms with Gasteiger partial charge in [0.05, 0.1) is 6.61 Å². The van der Waals surface area contributed by atoms with Crippen molar-refractivity contribution in [2.24, 2.45) is 16.6 Å². The summed E-state index contributed by atoms with van der Waals surface area (Å²) in [5.74, 6) is 1.30. The van der Waals surface area contributed by atoms with Gasteiger partial charge in [0, 0.05) is 35.4 Å². The Kier molecular flexibility index (Phi) is 7.11. The Bertz CT molecular complexity index is 851. The Labute approximate surface area is 171 Å². The number of nitrogens with one attached hydrogen (secondary N) is 1. The van der Waals surface area contributed by atoms with E-state index in [4.69, 9.17) is 20.9 Å². The third-order valence-electron chi connectivity index (χ3n) is 5.50. The molecule has 1 aliphatic rings. The van der Waals surface area contributed by atoms with Crippen LogP contribution in [0.5, 0.6) is 0 Å². The zero-order valence-electron chi connectivity index (χ0n) is 16.8. The number of hydrogen-bond donors (Lipinski definition) is 2. The minimum atomic E-state index is -0.186. The van der Waals surface area contributed by atoms with E-state index in [-0.39, 0.29) is 11.9 Å². The van der Waals surface area contributed by atoms with Gasteiger partial charge in [0.2, 0.25) is 0 Å². The Morgan fingerprint density at radius 2 is 1.86 bits per heavy atom. The summed E-state index contributed by atoms with van der Waals surface area (Å²) in [5, 5.41) is 7.57. The zero-order valence-corrected chi connectivity index (χ0v) is 16.8. The van der Waals surface area contributed by atoms with Crippen LogP contribution in [-0.2, 0) is 9.53 Å². The van der Waals surface area contributed by atoms with Gasteiger partial charge >= 0.3 is 6.02 Å². The lowest BCUT2D eigenvalue weighted by molar-refractivity contribution is -0.108. The highest BCUT2D eigenvalue weighted by Crippen LogP contribution is 2.36. The quantitative estimate of drug-likeness (QED) is 0.435. The second-order valence-electron chi connectivity index (χ2n) is 7.40. The molecule has 1 fully saturated rings. The van der Waals surface area contributed by atoms with Crippen LogP contribution in [0.1, 0.15) is 56.2 Å². The zero-order chi connectivity index (χ0) is 20.6. The molecule has 0 unspecified atom stereocenters. The van der Waals surface area contributed by atoms with Crippen molar-refractivity contribution in [3.8, 4) is 11.1 Å². The summed E-state index contributed by atoms with van der Waals surface area (Å²) in [6.45, 7) is 2.19. The van der Waals surface area contributed by atoms with Crippen molar-refractivity contribution < 1.29 is 9.53 Å². The van der Waals surface area contributed by atoms with Crippen LogP contribution in [0.2, 0.25) is 0 Å². The van der Waals surface area contributed by atoms with Gasteiger partial charge in [-0.1, -0.05) is 30.3 Å². The third-order valence-corrected chi connectivity index (χ3v) is 5.50. The van der Waals surface area contributed by atoms with Crippen LogP contribution >= 0.6 is 0 Å². The monoisotopic (exact) mass is 392 g/mol. The van der Waals surface area contributed by atoms with Gasteiger partial charge in [0.15, 0.2) is 0 Å². The first-order valence-electron chi connectivity index (χ1n) is 10.2. The van der Waals surface area contributed by atoms with Crippen LogP contribution in [-0.4, -0.2) is 29.7 Å². The molecule has 0 bridgehead atoms. The summed E-state index contributed by atoms with van der Waals surface area (Å²) in [6, 6.07) is 11.8. The van der Waals surface area contributed by atoms with Gasteiger partial charge in [-0.25, -0.2) is 5.41 Å². The minimum Gasteiger partial charge on any atom is -0.464 e. The number of nitrogens with two attached hydrogens (primary N) is 1. The molecule has 1 saturated carbocycles. The number of rotatable bonds is 6. The fourth-order valence-electron chi connectivity index (χ4n) is 3.82. The van der Waals surface area contributed by atoms with Crippen molar-refractivity contribution >= 4 is 18.1 Å². The second kappa shape index (κ2) is 9.96. The molecule has 0 radical (unpaired) electrons. The first-order valence-corrected chi connectivity index (χ1v) is 10.2. The molecule has 29 heavy (non-hydrogen) atoms. The molecule has 0 amide bonds. The third kappa shape index (κ3) is 5.50. The topological polar surface area (TPSA) is 101 Å². The van der Waals surface area contributed by atoms with E-state index in [2.05, 4.69) is 17.1 Å². The number of amidine groups is 2. The van der Waals surface area contributed by atoms with Crippen molar-refractivity contribution in [3.63, 3.8) is 0 Å². The number of aldehydes is 1. The fraction of sp³-hybridized carbons (Fsp3) is 0.391. The Balaban J connectivity index is 1.64. The van der Waals surface area contributed by atoms with Gasteiger partial charge in [-0.2, -0.15) is 4.99 Å². The fourth-order valence-corrected chi connectivity index (χ4v) is 3.82. The summed E-state index contributed by atoms with van der Waals surface area (Å²) >= 11 is 0. The van der Waals surface area contributed by atoms with E-state index in [1.807, 2.05) is 30.5 Å². The Hall–Kier alpha value is -3.02. The number of ether oxygens (including phenoxy) is 1. The maximum absolute atomic E-state index is 10.7. The Morgan fingerprint density at radius 3 is 2.45 bits per heavy atom. The van der Waals surface area contributed by atoms with Crippen molar-refractivity contribution in [1.29, 1.82) is 5.41 Å². The number of hydrogen-bond acceptors (Lipinski definition) is 4. The van der Waals surface area contributed by atoms with Gasteiger partial charge in [-0.05, 0) is 50.2 Å². The van der Waals surface area contributed by atoms with Crippen molar-refractivity contribution in [3.05, 3.63) is 53.9 Å². The van der Waals surface area contributed by atoms with Crippen LogP contribution in [0, 0.1) is 11.3 Å². The second-order valence-corrected chi connectivity index (χ2v) is 7.40. The average Bonchev–Trinajstić information content (AvgIpc) is 2.75. The molecule has 6 nitrogen and oxygen atoms in total. The maximum Gasteiger partial charge on any atom is 0.310 e. The van der Waals surface area contributed by atoms with Gasteiger partial charge in [0.1, 0.15) is 12.1 Å². The molecule has 3 rings (SSSR count). The summed E-state index contributed by atoms with van der Waals surface area (Å²) < 4.78 is 5.00. The SMILES string of the molecule is CCOC(=N)N=C(N)c1ccc(-c2ccc(C3CCC(CC=O)CC3)nc2)cc1. The van der Waals surface area contributed by atoms with Gasteiger partial charge < -0.3 is 15.3 Å². The van der Waals surface area contributed by atoms with Crippen LogP contribution < -0.4 is 5.73 Å². The standard InChI is InChI=1S/C23H28N4O2/c1-2-29-23(25)27-22(24)19-9-7-17(8-10-19)20-11-12-21(26-15-20)18-5-3-16(4-6-18)13-14-28/h7-12,14-16,18H,2-6,13H2,1H3,(H3,24,25,27). The molecule has 1 aromatic carbocycles. The molecule has 3 N–H and O–H groups in total.